The molecule has 1 aliphatic heterocycles. The molecule has 1 aromatic carbocycles. The van der Waals surface area contributed by atoms with Crippen LogP contribution in [0.3, 0.4) is 0 Å². The van der Waals surface area contributed by atoms with Gasteiger partial charge in [-0.3, -0.25) is 14.7 Å². The average molecular weight is 457 g/mol. The van der Waals surface area contributed by atoms with Crippen molar-refractivity contribution in [3.8, 4) is 0 Å². The lowest BCUT2D eigenvalue weighted by atomic mass is 10.2. The van der Waals surface area contributed by atoms with Gasteiger partial charge in [-0.25, -0.2) is 0 Å². The molecule has 0 bridgehead atoms. The summed E-state index contributed by atoms with van der Waals surface area (Å²) in [4.78, 5) is 9.94. The molecule has 0 spiro atoms. The molecule has 0 saturated carbocycles. The Morgan fingerprint density at radius 2 is 1.33 bits per heavy atom. The lowest BCUT2D eigenvalue weighted by Gasteiger charge is -2.34. The first-order valence-electron chi connectivity index (χ1n) is 11.2. The van der Waals surface area contributed by atoms with Crippen LogP contribution in [-0.4, -0.2) is 115 Å². The van der Waals surface area contributed by atoms with Gasteiger partial charge in [-0.1, -0.05) is 37.3 Å². The van der Waals surface area contributed by atoms with Crippen LogP contribution in [0.25, 0.3) is 0 Å². The van der Waals surface area contributed by atoms with Crippen molar-refractivity contribution in [1.29, 1.82) is 0 Å². The fraction of sp³-hybridized carbons (Fsp3) is 0.727. The summed E-state index contributed by atoms with van der Waals surface area (Å²) in [6, 6.07) is 10.1. The van der Waals surface area contributed by atoms with E-state index in [4.69, 9.17) is 4.74 Å². The number of aliphatic hydroxyl groups is 1. The van der Waals surface area contributed by atoms with E-state index in [1.165, 1.54) is 0 Å². The summed E-state index contributed by atoms with van der Waals surface area (Å²) < 4.78 is 5.76. The second-order valence-electron chi connectivity index (χ2n) is 7.99. The molecule has 0 amide bonds. The largest absolute Gasteiger partial charge is 0.389 e. The molecule has 0 radical (unpaired) electrons. The Labute approximate surface area is 188 Å². The van der Waals surface area contributed by atoms with Crippen LogP contribution in [-0.2, 0) is 11.3 Å². The first-order valence-corrected chi connectivity index (χ1v) is 12.9. The molecule has 1 aliphatic rings. The predicted octanol–water partition coefficient (Wildman–Crippen LogP) is 1.47. The zero-order valence-electron chi connectivity index (χ0n) is 18.7. The number of rotatable bonds is 9. The highest BCUT2D eigenvalue weighted by Gasteiger charge is 2.17. The Balaban J connectivity index is 1.85. The fourth-order valence-corrected chi connectivity index (χ4v) is 4.41. The van der Waals surface area contributed by atoms with Crippen LogP contribution in [0.2, 0.25) is 0 Å². The summed E-state index contributed by atoms with van der Waals surface area (Å²) in [6.07, 6.45) is 1.52. The van der Waals surface area contributed by atoms with Crippen LogP contribution in [0.5, 0.6) is 0 Å². The molecule has 0 aliphatic carbocycles. The minimum Gasteiger partial charge on any atom is -0.389 e. The van der Waals surface area contributed by atoms with Gasteiger partial charge in [0.15, 0.2) is 0 Å². The molecule has 8 heteroatoms. The Morgan fingerprint density at radius 1 is 0.833 bits per heavy atom. The molecular weight excluding hydrogens is 414 g/mol. The highest BCUT2D eigenvalue weighted by atomic mass is 31.0. The van der Waals surface area contributed by atoms with E-state index >= 15 is 0 Å². The topological polar surface area (TPSA) is 42.4 Å². The van der Waals surface area contributed by atoms with Gasteiger partial charge in [0, 0.05) is 71.5 Å². The van der Waals surface area contributed by atoms with Gasteiger partial charge in [-0.15, -0.1) is 18.5 Å². The molecular formula is C22H42N4O2P2. The molecule has 0 aromatic heterocycles. The second-order valence-corrected chi connectivity index (χ2v) is 8.72. The lowest BCUT2D eigenvalue weighted by Crippen LogP contribution is -2.47. The summed E-state index contributed by atoms with van der Waals surface area (Å²) in [7, 11) is 5.74. The van der Waals surface area contributed by atoms with Crippen molar-refractivity contribution in [2.75, 3.05) is 84.6 Å². The Hall–Kier alpha value is -0.160. The van der Waals surface area contributed by atoms with Gasteiger partial charge in [0.1, 0.15) is 0 Å². The molecule has 1 heterocycles. The maximum atomic E-state index is 10.6. The zero-order chi connectivity index (χ0) is 21.6. The first-order chi connectivity index (χ1) is 14.6. The van der Waals surface area contributed by atoms with E-state index < -0.39 is 6.10 Å². The van der Waals surface area contributed by atoms with Gasteiger partial charge in [0.2, 0.25) is 0 Å². The Kier molecular flexibility index (Phi) is 13.6. The van der Waals surface area contributed by atoms with E-state index in [0.717, 1.165) is 77.0 Å². The molecule has 1 fully saturated rings. The number of hydrogen-bond donors (Lipinski definition) is 1. The van der Waals surface area contributed by atoms with Crippen molar-refractivity contribution in [1.82, 2.24) is 19.6 Å². The van der Waals surface area contributed by atoms with Crippen molar-refractivity contribution in [3.05, 3.63) is 35.9 Å². The van der Waals surface area contributed by atoms with Crippen LogP contribution < -0.4 is 0 Å². The molecule has 3 atom stereocenters. The minimum absolute atomic E-state index is 0.373. The number of aliphatic hydroxyl groups excluding tert-OH is 1. The maximum Gasteiger partial charge on any atom is 0.0900 e. The number of likely N-dealkylation sites (N-methyl/N-ethyl adjacent to an activating group) is 1. The molecule has 30 heavy (non-hydrogen) atoms. The smallest absolute Gasteiger partial charge is 0.0900 e. The molecule has 1 aromatic rings. The van der Waals surface area contributed by atoms with Gasteiger partial charge in [-0.05, 0) is 12.1 Å². The molecule has 3 unspecified atom stereocenters. The predicted molar refractivity (Wildman–Crippen MR) is 133 cm³/mol. The summed E-state index contributed by atoms with van der Waals surface area (Å²) in [5, 5.41) is 10.6. The van der Waals surface area contributed by atoms with E-state index in [-0.39, 0.29) is 0 Å². The van der Waals surface area contributed by atoms with Crippen LogP contribution in [0.1, 0.15) is 12.5 Å². The first kappa shape index (κ1) is 26.1. The van der Waals surface area contributed by atoms with Crippen molar-refractivity contribution in [2.24, 2.45) is 0 Å². The third-order valence-corrected chi connectivity index (χ3v) is 6.82. The van der Waals surface area contributed by atoms with Crippen molar-refractivity contribution >= 4 is 18.5 Å². The summed E-state index contributed by atoms with van der Waals surface area (Å²) in [5.74, 6) is 0. The van der Waals surface area contributed by atoms with Crippen LogP contribution in [0.4, 0.5) is 0 Å². The molecule has 1 N–H and O–H groups in total. The van der Waals surface area contributed by atoms with Gasteiger partial charge < -0.3 is 14.7 Å². The molecule has 172 valence electrons. The maximum absolute atomic E-state index is 10.6. The van der Waals surface area contributed by atoms with E-state index in [0.29, 0.717) is 19.8 Å². The van der Waals surface area contributed by atoms with E-state index in [9.17, 15) is 5.11 Å². The van der Waals surface area contributed by atoms with Gasteiger partial charge >= 0.3 is 0 Å². The normalized spacial score (nSPS) is 20.5. The highest BCUT2D eigenvalue weighted by molar-refractivity contribution is 7.16. The van der Waals surface area contributed by atoms with Crippen LogP contribution >= 0.6 is 18.5 Å². The summed E-state index contributed by atoms with van der Waals surface area (Å²) in [6.45, 7) is 13.4. The molecule has 1 saturated heterocycles. The fourth-order valence-electron chi connectivity index (χ4n) is 3.68. The molecule has 6 nitrogen and oxygen atoms in total. The zero-order valence-corrected chi connectivity index (χ0v) is 21.0. The van der Waals surface area contributed by atoms with Gasteiger partial charge in [0.25, 0.3) is 0 Å². The van der Waals surface area contributed by atoms with E-state index in [2.05, 4.69) is 57.1 Å². The summed E-state index contributed by atoms with van der Waals surface area (Å²) in [5.41, 5.74) is 1.14. The second kappa shape index (κ2) is 15.6. The number of ether oxygens (including phenoxy) is 1. The SMILES string of the molecule is CCN1CCN(CP)CCN(CC(O)COCc2ccccc2)CCN(CP)CC1. The average Bonchev–Trinajstić information content (AvgIpc) is 2.76. The summed E-state index contributed by atoms with van der Waals surface area (Å²) >= 11 is 0. The third-order valence-electron chi connectivity index (χ3n) is 5.78. The number of hydrogen-bond acceptors (Lipinski definition) is 6. The standard InChI is InChI=1S/C22H42N4O2P2/c1-2-23-8-12-25(19-29)14-10-24(11-15-26(20-30)13-9-23)16-22(27)18-28-17-21-6-4-3-5-7-21/h3-7,22,27H,2,8-20,29-30H2,1H3. The van der Waals surface area contributed by atoms with Crippen molar-refractivity contribution in [2.45, 2.75) is 19.6 Å². The Morgan fingerprint density at radius 3 is 1.83 bits per heavy atom. The Bertz CT molecular complexity index is 535. The van der Waals surface area contributed by atoms with E-state index in [1.54, 1.807) is 0 Å². The van der Waals surface area contributed by atoms with Crippen LogP contribution in [0, 0.1) is 0 Å². The van der Waals surface area contributed by atoms with Gasteiger partial charge in [0.05, 0.1) is 19.3 Å². The minimum atomic E-state index is -0.467. The monoisotopic (exact) mass is 456 g/mol. The van der Waals surface area contributed by atoms with Crippen LogP contribution in [0.15, 0.2) is 30.3 Å². The van der Waals surface area contributed by atoms with E-state index in [1.807, 2.05) is 18.2 Å². The quantitative estimate of drug-likeness (QED) is 0.568. The number of benzene rings is 1. The van der Waals surface area contributed by atoms with Crippen molar-refractivity contribution in [3.63, 3.8) is 0 Å². The van der Waals surface area contributed by atoms with Gasteiger partial charge in [-0.2, -0.15) is 0 Å². The highest BCUT2D eigenvalue weighted by Crippen LogP contribution is 2.05. The molecule has 2 rings (SSSR count). The number of β-amino-alcohol motifs (C(OH)–C–C–N with tert-alkyl or cyclic N) is 1. The number of nitrogens with zero attached hydrogens (tertiary/aromatic N) is 4. The lowest BCUT2D eigenvalue weighted by molar-refractivity contribution is 0.00708. The third kappa shape index (κ3) is 10.4. The van der Waals surface area contributed by atoms with Crippen molar-refractivity contribution < 1.29 is 9.84 Å².